The zero-order valence-corrected chi connectivity index (χ0v) is 9.48. The summed E-state index contributed by atoms with van der Waals surface area (Å²) in [7, 11) is 0. The highest BCUT2D eigenvalue weighted by Gasteiger charge is 2.24. The monoisotopic (exact) mass is 214 g/mol. The van der Waals surface area contributed by atoms with Crippen LogP contribution < -0.4 is 0 Å². The summed E-state index contributed by atoms with van der Waals surface area (Å²) in [6, 6.07) is 0. The van der Waals surface area contributed by atoms with Gasteiger partial charge < -0.3 is 15.0 Å². The molecule has 0 radical (unpaired) electrons. The van der Waals surface area contributed by atoms with E-state index in [1.165, 1.54) is 0 Å². The van der Waals surface area contributed by atoms with Crippen LogP contribution in [0.4, 0.5) is 0 Å². The molecular weight excluding hydrogens is 192 g/mol. The second-order valence-electron chi connectivity index (χ2n) is 4.85. The zero-order chi connectivity index (χ0) is 11.3. The molecule has 88 valence electrons. The maximum Gasteiger partial charge on any atom is 0.130 e. The molecule has 3 heteroatoms. The fourth-order valence-electron chi connectivity index (χ4n) is 2.63. The fraction of sp³-hybridized carbons (Fsp3) is 0.917. The Morgan fingerprint density at radius 1 is 1.27 bits per heavy atom. The molecule has 0 heterocycles. The van der Waals surface area contributed by atoms with Crippen LogP contribution in [0.3, 0.4) is 0 Å². The second-order valence-corrected chi connectivity index (χ2v) is 4.85. The number of hydrogen-bond donors (Lipinski definition) is 2. The lowest BCUT2D eigenvalue weighted by Gasteiger charge is -2.18. The molecule has 1 saturated carbocycles. The average Bonchev–Trinajstić information content (AvgIpc) is 2.28. The van der Waals surface area contributed by atoms with Crippen LogP contribution in [-0.4, -0.2) is 28.7 Å². The van der Waals surface area contributed by atoms with E-state index in [9.17, 15) is 9.90 Å². The van der Waals surface area contributed by atoms with Gasteiger partial charge in [-0.2, -0.15) is 0 Å². The Labute approximate surface area is 91.5 Å². The normalized spacial score (nSPS) is 32.3. The molecule has 0 bridgehead atoms. The standard InChI is InChI=1S/C12H22O3/c1-9(14)6-10-2-3-12(15)8-11(7-10)4-5-13/h10-13,15H,2-8H2,1H3. The minimum Gasteiger partial charge on any atom is -0.396 e. The van der Waals surface area contributed by atoms with Crippen molar-refractivity contribution in [2.75, 3.05) is 6.61 Å². The Hall–Kier alpha value is -0.410. The summed E-state index contributed by atoms with van der Waals surface area (Å²) in [5.74, 6) is 1.03. The average molecular weight is 214 g/mol. The molecule has 0 aliphatic heterocycles. The van der Waals surface area contributed by atoms with Crippen LogP contribution in [0.2, 0.25) is 0 Å². The number of aliphatic hydroxyl groups excluding tert-OH is 2. The summed E-state index contributed by atoms with van der Waals surface area (Å²) < 4.78 is 0. The minimum atomic E-state index is -0.237. The Balaban J connectivity index is 2.48. The van der Waals surface area contributed by atoms with Crippen molar-refractivity contribution in [2.24, 2.45) is 11.8 Å². The molecular formula is C12H22O3. The number of hydrogen-bond acceptors (Lipinski definition) is 3. The Bertz CT molecular complexity index is 203. The first kappa shape index (κ1) is 12.7. The van der Waals surface area contributed by atoms with Crippen LogP contribution >= 0.6 is 0 Å². The van der Waals surface area contributed by atoms with Crippen LogP contribution in [0.5, 0.6) is 0 Å². The van der Waals surface area contributed by atoms with Gasteiger partial charge in [0.1, 0.15) is 5.78 Å². The Kier molecular flexibility index (Phi) is 5.26. The number of aliphatic hydroxyl groups is 2. The predicted molar refractivity (Wildman–Crippen MR) is 58.5 cm³/mol. The van der Waals surface area contributed by atoms with Crippen molar-refractivity contribution in [3.63, 3.8) is 0 Å². The molecule has 15 heavy (non-hydrogen) atoms. The first-order chi connectivity index (χ1) is 7.11. The van der Waals surface area contributed by atoms with Gasteiger partial charge in [0.05, 0.1) is 6.10 Å². The number of carbonyl (C=O) groups is 1. The Morgan fingerprint density at radius 3 is 2.60 bits per heavy atom. The van der Waals surface area contributed by atoms with E-state index >= 15 is 0 Å². The molecule has 0 amide bonds. The summed E-state index contributed by atoms with van der Waals surface area (Å²) in [5.41, 5.74) is 0. The third-order valence-electron chi connectivity index (χ3n) is 3.29. The first-order valence-corrected chi connectivity index (χ1v) is 5.90. The van der Waals surface area contributed by atoms with Crippen LogP contribution in [-0.2, 0) is 4.79 Å². The summed E-state index contributed by atoms with van der Waals surface area (Å²) in [5, 5.41) is 18.6. The quantitative estimate of drug-likeness (QED) is 0.697. The van der Waals surface area contributed by atoms with E-state index in [2.05, 4.69) is 0 Å². The van der Waals surface area contributed by atoms with Crippen LogP contribution in [0.15, 0.2) is 0 Å². The van der Waals surface area contributed by atoms with E-state index in [0.29, 0.717) is 18.3 Å². The number of Topliss-reactive ketones (excluding diaryl/α,β-unsaturated/α-hetero) is 1. The van der Waals surface area contributed by atoms with Gasteiger partial charge in [0.15, 0.2) is 0 Å². The molecule has 1 rings (SSSR count). The van der Waals surface area contributed by atoms with Gasteiger partial charge in [-0.1, -0.05) is 0 Å². The van der Waals surface area contributed by atoms with E-state index in [0.717, 1.165) is 32.1 Å². The van der Waals surface area contributed by atoms with Gasteiger partial charge in [0.25, 0.3) is 0 Å². The summed E-state index contributed by atoms with van der Waals surface area (Å²) in [4.78, 5) is 11.1. The van der Waals surface area contributed by atoms with Crippen LogP contribution in [0, 0.1) is 11.8 Å². The number of rotatable bonds is 4. The number of carbonyl (C=O) groups excluding carboxylic acids is 1. The molecule has 3 atom stereocenters. The van der Waals surface area contributed by atoms with Crippen molar-refractivity contribution in [2.45, 2.75) is 51.6 Å². The van der Waals surface area contributed by atoms with Crippen LogP contribution in [0.25, 0.3) is 0 Å². The van der Waals surface area contributed by atoms with E-state index in [-0.39, 0.29) is 18.5 Å². The molecule has 0 aromatic rings. The van der Waals surface area contributed by atoms with Gasteiger partial charge in [-0.25, -0.2) is 0 Å². The topological polar surface area (TPSA) is 57.5 Å². The third kappa shape index (κ3) is 4.76. The molecule has 0 spiro atoms. The Morgan fingerprint density at radius 2 is 2.00 bits per heavy atom. The molecule has 0 aromatic carbocycles. The van der Waals surface area contributed by atoms with Gasteiger partial charge in [0, 0.05) is 13.0 Å². The zero-order valence-electron chi connectivity index (χ0n) is 9.48. The second kappa shape index (κ2) is 6.23. The lowest BCUT2D eigenvalue weighted by Crippen LogP contribution is -2.13. The van der Waals surface area contributed by atoms with Crippen molar-refractivity contribution in [3.05, 3.63) is 0 Å². The number of ketones is 1. The molecule has 1 aliphatic carbocycles. The smallest absolute Gasteiger partial charge is 0.130 e. The maximum absolute atomic E-state index is 11.1. The minimum absolute atomic E-state index is 0.185. The summed E-state index contributed by atoms with van der Waals surface area (Å²) in [6.07, 6.45) is 4.67. The van der Waals surface area contributed by atoms with Gasteiger partial charge >= 0.3 is 0 Å². The highest BCUT2D eigenvalue weighted by atomic mass is 16.3. The van der Waals surface area contributed by atoms with Crippen molar-refractivity contribution < 1.29 is 15.0 Å². The van der Waals surface area contributed by atoms with Gasteiger partial charge in [-0.05, 0) is 50.9 Å². The SMILES string of the molecule is CC(=O)CC1CCC(O)CC(CCO)C1. The van der Waals surface area contributed by atoms with Gasteiger partial charge in [-0.3, -0.25) is 0 Å². The maximum atomic E-state index is 11.1. The molecule has 2 N–H and O–H groups in total. The van der Waals surface area contributed by atoms with E-state index in [4.69, 9.17) is 5.11 Å². The lowest BCUT2D eigenvalue weighted by molar-refractivity contribution is -0.118. The summed E-state index contributed by atoms with van der Waals surface area (Å²) >= 11 is 0. The first-order valence-electron chi connectivity index (χ1n) is 5.90. The molecule has 1 aliphatic rings. The highest BCUT2D eigenvalue weighted by molar-refractivity contribution is 5.75. The van der Waals surface area contributed by atoms with Gasteiger partial charge in [0.2, 0.25) is 0 Å². The van der Waals surface area contributed by atoms with E-state index < -0.39 is 0 Å². The predicted octanol–water partition coefficient (Wildman–Crippen LogP) is 1.52. The van der Waals surface area contributed by atoms with Crippen LogP contribution in [0.1, 0.15) is 45.4 Å². The highest BCUT2D eigenvalue weighted by Crippen LogP contribution is 2.31. The van der Waals surface area contributed by atoms with E-state index in [1.54, 1.807) is 6.92 Å². The summed E-state index contributed by atoms with van der Waals surface area (Å²) in [6.45, 7) is 1.81. The van der Waals surface area contributed by atoms with E-state index in [1.807, 2.05) is 0 Å². The van der Waals surface area contributed by atoms with Gasteiger partial charge in [-0.15, -0.1) is 0 Å². The van der Waals surface area contributed by atoms with Crippen molar-refractivity contribution in [1.82, 2.24) is 0 Å². The molecule has 0 aromatic heterocycles. The third-order valence-corrected chi connectivity index (χ3v) is 3.29. The van der Waals surface area contributed by atoms with Crippen molar-refractivity contribution >= 4 is 5.78 Å². The lowest BCUT2D eigenvalue weighted by atomic mass is 9.88. The van der Waals surface area contributed by atoms with Crippen molar-refractivity contribution in [1.29, 1.82) is 0 Å². The fourth-order valence-corrected chi connectivity index (χ4v) is 2.63. The largest absolute Gasteiger partial charge is 0.396 e. The van der Waals surface area contributed by atoms with Crippen molar-refractivity contribution in [3.8, 4) is 0 Å². The molecule has 3 nitrogen and oxygen atoms in total. The molecule has 3 unspecified atom stereocenters. The molecule has 1 fully saturated rings. The molecule has 0 saturated heterocycles.